The van der Waals surface area contributed by atoms with Crippen LogP contribution >= 0.6 is 0 Å². The fourth-order valence-electron chi connectivity index (χ4n) is 3.49. The summed E-state index contributed by atoms with van der Waals surface area (Å²) in [6, 6.07) is 16.1. The number of unbranched alkanes of at least 4 members (excludes halogenated alkanes) is 1. The molecule has 23 heavy (non-hydrogen) atoms. The van der Waals surface area contributed by atoms with Gasteiger partial charge in [0.2, 0.25) is 0 Å². The fourth-order valence-corrected chi connectivity index (χ4v) is 4.65. The normalized spacial score (nSPS) is 16.6. The van der Waals surface area contributed by atoms with Crippen molar-refractivity contribution in [3.05, 3.63) is 59.7 Å². The average molecular weight is 321 g/mol. The number of hydrogen-bond donors (Lipinski definition) is 0. The highest BCUT2D eigenvalue weighted by molar-refractivity contribution is 6.88. The second-order valence-corrected chi connectivity index (χ2v) is 12.8. The number of fused-ring (bicyclic) bond motifs is 1. The van der Waals surface area contributed by atoms with Crippen molar-refractivity contribution in [1.82, 2.24) is 0 Å². The largest absolute Gasteiger partial charge is 0.0775 e. The van der Waals surface area contributed by atoms with E-state index in [1.165, 1.54) is 46.7 Å². The van der Waals surface area contributed by atoms with E-state index in [-0.39, 0.29) is 0 Å². The Balaban J connectivity index is 1.93. The minimum absolute atomic E-state index is 0.617. The summed E-state index contributed by atoms with van der Waals surface area (Å²) in [6.45, 7) is 9.49. The molecule has 1 atom stereocenters. The highest BCUT2D eigenvalue weighted by Crippen LogP contribution is 2.39. The van der Waals surface area contributed by atoms with Crippen molar-refractivity contribution in [2.75, 3.05) is 0 Å². The van der Waals surface area contributed by atoms with Crippen LogP contribution in [0.15, 0.2) is 48.5 Å². The van der Waals surface area contributed by atoms with Crippen LogP contribution in [0.2, 0.25) is 19.6 Å². The lowest BCUT2D eigenvalue weighted by molar-refractivity contribution is 0.669. The third-order valence-corrected chi connectivity index (χ3v) is 7.03. The highest BCUT2D eigenvalue weighted by Gasteiger charge is 2.20. The second kappa shape index (κ2) is 6.49. The summed E-state index contributed by atoms with van der Waals surface area (Å²) in [6.07, 6.45) is 8.61. The average Bonchev–Trinajstić information content (AvgIpc) is 2.95. The first-order valence-electron chi connectivity index (χ1n) is 8.92. The van der Waals surface area contributed by atoms with Crippen molar-refractivity contribution < 1.29 is 0 Å². The van der Waals surface area contributed by atoms with Crippen LogP contribution < -0.4 is 5.19 Å². The third kappa shape index (κ3) is 3.35. The zero-order chi connectivity index (χ0) is 16.4. The molecule has 0 radical (unpaired) electrons. The summed E-state index contributed by atoms with van der Waals surface area (Å²) in [4.78, 5) is 0. The van der Waals surface area contributed by atoms with Gasteiger partial charge in [0, 0.05) is 5.92 Å². The lowest BCUT2D eigenvalue weighted by atomic mass is 9.91. The van der Waals surface area contributed by atoms with Crippen LogP contribution in [-0.2, 0) is 0 Å². The monoisotopic (exact) mass is 320 g/mol. The molecule has 3 rings (SSSR count). The van der Waals surface area contributed by atoms with Crippen LogP contribution in [0.5, 0.6) is 0 Å². The van der Waals surface area contributed by atoms with E-state index in [0.29, 0.717) is 5.92 Å². The van der Waals surface area contributed by atoms with E-state index in [2.05, 4.69) is 81.2 Å². The van der Waals surface area contributed by atoms with Crippen LogP contribution in [0.25, 0.3) is 17.2 Å². The molecule has 2 aromatic carbocycles. The van der Waals surface area contributed by atoms with E-state index in [4.69, 9.17) is 0 Å². The smallest absolute Gasteiger partial charge is 0.0764 e. The van der Waals surface area contributed by atoms with Crippen molar-refractivity contribution in [2.45, 2.75) is 51.7 Å². The van der Waals surface area contributed by atoms with E-state index < -0.39 is 8.07 Å². The zero-order valence-electron chi connectivity index (χ0n) is 14.9. The van der Waals surface area contributed by atoms with Crippen molar-refractivity contribution in [2.24, 2.45) is 0 Å². The van der Waals surface area contributed by atoms with Gasteiger partial charge in [0.1, 0.15) is 0 Å². The molecule has 1 heteroatoms. The Kier molecular flexibility index (Phi) is 4.59. The Hall–Kier alpha value is -1.60. The molecule has 2 aromatic rings. The summed E-state index contributed by atoms with van der Waals surface area (Å²) in [5, 5.41) is 1.53. The van der Waals surface area contributed by atoms with Crippen molar-refractivity contribution in [3.63, 3.8) is 0 Å². The van der Waals surface area contributed by atoms with Gasteiger partial charge < -0.3 is 0 Å². The van der Waals surface area contributed by atoms with Crippen LogP contribution in [0.1, 0.15) is 43.2 Å². The number of rotatable bonds is 5. The molecule has 0 spiro atoms. The number of benzene rings is 2. The molecule has 0 heterocycles. The minimum atomic E-state index is -1.22. The molecule has 0 amide bonds. The van der Waals surface area contributed by atoms with Crippen LogP contribution in [0, 0.1) is 0 Å². The summed E-state index contributed by atoms with van der Waals surface area (Å²) in [5.74, 6) is 0.617. The van der Waals surface area contributed by atoms with Gasteiger partial charge in [0.05, 0.1) is 8.07 Å². The maximum Gasteiger partial charge on any atom is 0.0775 e. The SMILES string of the molecule is CCCCC1C=Cc2c(-c3ccc([Si](C)(C)C)cc3)cccc21. The molecule has 120 valence electrons. The van der Waals surface area contributed by atoms with Crippen molar-refractivity contribution in [1.29, 1.82) is 0 Å². The summed E-state index contributed by atoms with van der Waals surface area (Å²) < 4.78 is 0. The molecule has 0 aromatic heterocycles. The molecular weight excluding hydrogens is 292 g/mol. The minimum Gasteiger partial charge on any atom is -0.0764 e. The first-order valence-corrected chi connectivity index (χ1v) is 12.4. The van der Waals surface area contributed by atoms with Gasteiger partial charge in [-0.05, 0) is 28.7 Å². The molecule has 1 unspecified atom stereocenters. The molecule has 1 aliphatic carbocycles. The topological polar surface area (TPSA) is 0 Å². The maximum atomic E-state index is 2.41. The van der Waals surface area contributed by atoms with Gasteiger partial charge in [0.25, 0.3) is 0 Å². The van der Waals surface area contributed by atoms with Gasteiger partial charge in [-0.2, -0.15) is 0 Å². The van der Waals surface area contributed by atoms with Gasteiger partial charge in [-0.3, -0.25) is 0 Å². The standard InChI is InChI=1S/C22H28Si/c1-5-6-8-17-13-16-22-20(17)9-7-10-21(22)18-11-14-19(15-12-18)23(2,3)4/h7,9-17H,5-6,8H2,1-4H3. The van der Waals surface area contributed by atoms with Crippen molar-refractivity contribution in [3.8, 4) is 11.1 Å². The molecule has 1 aliphatic rings. The van der Waals surface area contributed by atoms with Gasteiger partial charge in [0.15, 0.2) is 0 Å². The summed E-state index contributed by atoms with van der Waals surface area (Å²) in [7, 11) is -1.22. The zero-order valence-corrected chi connectivity index (χ0v) is 15.9. The molecule has 0 bridgehead atoms. The number of hydrogen-bond acceptors (Lipinski definition) is 0. The quantitative estimate of drug-likeness (QED) is 0.575. The van der Waals surface area contributed by atoms with E-state index in [1.54, 1.807) is 0 Å². The first kappa shape index (κ1) is 16.3. The predicted molar refractivity (Wildman–Crippen MR) is 106 cm³/mol. The lowest BCUT2D eigenvalue weighted by Crippen LogP contribution is -2.37. The molecule has 0 N–H and O–H groups in total. The van der Waals surface area contributed by atoms with Gasteiger partial charge in [-0.1, -0.05) is 99.2 Å². The Morgan fingerprint density at radius 2 is 1.70 bits per heavy atom. The summed E-state index contributed by atoms with van der Waals surface area (Å²) >= 11 is 0. The Morgan fingerprint density at radius 3 is 2.35 bits per heavy atom. The van der Waals surface area contributed by atoms with Gasteiger partial charge in [-0.15, -0.1) is 0 Å². The van der Waals surface area contributed by atoms with Crippen LogP contribution in [0.3, 0.4) is 0 Å². The highest BCUT2D eigenvalue weighted by atomic mass is 28.3. The third-order valence-electron chi connectivity index (χ3n) is 4.97. The lowest BCUT2D eigenvalue weighted by Gasteiger charge is -2.17. The summed E-state index contributed by atoms with van der Waals surface area (Å²) in [5.41, 5.74) is 5.70. The number of allylic oxidation sites excluding steroid dienone is 1. The molecule has 0 fully saturated rings. The molecular formula is C22H28Si. The van der Waals surface area contributed by atoms with Gasteiger partial charge >= 0.3 is 0 Å². The maximum absolute atomic E-state index is 2.41. The van der Waals surface area contributed by atoms with E-state index >= 15 is 0 Å². The second-order valence-electron chi connectivity index (χ2n) is 7.74. The van der Waals surface area contributed by atoms with Gasteiger partial charge in [-0.25, -0.2) is 0 Å². The van der Waals surface area contributed by atoms with Crippen molar-refractivity contribution >= 4 is 19.3 Å². The molecule has 0 saturated carbocycles. The van der Waals surface area contributed by atoms with Crippen LogP contribution in [-0.4, -0.2) is 8.07 Å². The molecule has 0 aliphatic heterocycles. The predicted octanol–water partition coefficient (Wildman–Crippen LogP) is 6.20. The first-order chi connectivity index (χ1) is 11.0. The molecule has 0 nitrogen and oxygen atoms in total. The Bertz CT molecular complexity index is 702. The van der Waals surface area contributed by atoms with Crippen LogP contribution in [0.4, 0.5) is 0 Å². The molecule has 0 saturated heterocycles. The van der Waals surface area contributed by atoms with E-state index in [0.717, 1.165) is 0 Å². The Labute approximate surface area is 142 Å². The van der Waals surface area contributed by atoms with E-state index in [9.17, 15) is 0 Å². The van der Waals surface area contributed by atoms with E-state index in [1.807, 2.05) is 0 Å². The Morgan fingerprint density at radius 1 is 0.957 bits per heavy atom. The fraction of sp³-hybridized carbons (Fsp3) is 0.364.